The Morgan fingerprint density at radius 2 is 1.91 bits per heavy atom. The Kier molecular flexibility index (Phi) is 8.38. The summed E-state index contributed by atoms with van der Waals surface area (Å²) in [5.74, 6) is -1.55. The van der Waals surface area contributed by atoms with E-state index in [1.54, 1.807) is 32.1 Å². The molecule has 0 spiro atoms. The summed E-state index contributed by atoms with van der Waals surface area (Å²) in [5, 5.41) is 24.5. The van der Waals surface area contributed by atoms with E-state index >= 15 is 0 Å². The van der Waals surface area contributed by atoms with Gasteiger partial charge in [-0.1, -0.05) is 34.1 Å². The summed E-state index contributed by atoms with van der Waals surface area (Å²) in [4.78, 5) is 30.4. The number of aryl methyl sites for hydroxylation is 1. The number of epoxide rings is 1. The first-order chi connectivity index (χ1) is 15.8. The second-order valence-corrected chi connectivity index (χ2v) is 11.9. The summed E-state index contributed by atoms with van der Waals surface area (Å²) < 4.78 is 11.7. The molecule has 0 radical (unpaired) electrons. The van der Waals surface area contributed by atoms with E-state index in [4.69, 9.17) is 9.47 Å². The third-order valence-electron chi connectivity index (χ3n) is 7.55. The van der Waals surface area contributed by atoms with E-state index in [9.17, 15) is 19.8 Å². The number of ketones is 1. The summed E-state index contributed by atoms with van der Waals surface area (Å²) in [7, 11) is 0. The number of fused-ring (bicyclic) bond motifs is 1. The molecule has 1 aromatic heterocycles. The van der Waals surface area contributed by atoms with E-state index in [1.165, 1.54) is 0 Å². The number of hydrogen-bond acceptors (Lipinski definition) is 8. The number of carbonyl (C=O) groups excluding carboxylic acids is 2. The Morgan fingerprint density at radius 3 is 2.56 bits per heavy atom. The van der Waals surface area contributed by atoms with Crippen LogP contribution in [0.4, 0.5) is 0 Å². The van der Waals surface area contributed by atoms with Crippen LogP contribution in [0.1, 0.15) is 77.4 Å². The number of aromatic nitrogens is 1. The molecule has 1 aromatic rings. The number of hydrogen-bond donors (Lipinski definition) is 2. The van der Waals surface area contributed by atoms with Gasteiger partial charge in [-0.05, 0) is 44.8 Å². The molecule has 7 atom stereocenters. The van der Waals surface area contributed by atoms with Gasteiger partial charge in [0.25, 0.3) is 0 Å². The van der Waals surface area contributed by atoms with E-state index in [2.05, 4.69) is 11.9 Å². The molecule has 0 aromatic carbocycles. The number of Topliss-reactive ketones (excluding diaryl/α,β-unsaturated/α-hetero) is 1. The first-order valence-electron chi connectivity index (χ1n) is 12.2. The SMILES string of the molecule is Cc1nc(C=C[C@@H]2C[C@@H]3O[C@@]3(C)CCC[C@H](C)[C@H](O)[C@@H](C)C(=O)C(C)(C)[C@@H](O)CC(=O)O2)cs1. The van der Waals surface area contributed by atoms with Crippen LogP contribution in [0, 0.1) is 24.2 Å². The fourth-order valence-electron chi connectivity index (χ4n) is 4.82. The predicted octanol–water partition coefficient (Wildman–Crippen LogP) is 4.09. The smallest absolute Gasteiger partial charge is 0.309 e. The van der Waals surface area contributed by atoms with Gasteiger partial charge < -0.3 is 19.7 Å². The minimum atomic E-state index is -1.22. The average Bonchev–Trinajstić information content (AvgIpc) is 3.19. The number of thiazole rings is 1. The van der Waals surface area contributed by atoms with Crippen LogP contribution in [-0.4, -0.2) is 57.0 Å². The van der Waals surface area contributed by atoms with Crippen molar-refractivity contribution < 1.29 is 29.3 Å². The Bertz CT molecular complexity index is 911. The van der Waals surface area contributed by atoms with Gasteiger partial charge >= 0.3 is 5.97 Å². The minimum Gasteiger partial charge on any atom is -0.458 e. The van der Waals surface area contributed by atoms with Gasteiger partial charge in [-0.15, -0.1) is 11.3 Å². The van der Waals surface area contributed by atoms with Crippen molar-refractivity contribution in [2.24, 2.45) is 17.3 Å². The van der Waals surface area contributed by atoms with Gasteiger partial charge in [0.15, 0.2) is 0 Å². The fraction of sp³-hybridized carbons (Fsp3) is 0.731. The fourth-order valence-corrected chi connectivity index (χ4v) is 5.40. The molecule has 2 fully saturated rings. The van der Waals surface area contributed by atoms with Crippen molar-refractivity contribution in [3.63, 3.8) is 0 Å². The number of nitrogens with zero attached hydrogens (tertiary/aromatic N) is 1. The van der Waals surface area contributed by atoms with Crippen molar-refractivity contribution in [1.29, 1.82) is 0 Å². The van der Waals surface area contributed by atoms with Crippen molar-refractivity contribution in [3.05, 3.63) is 22.2 Å². The highest BCUT2D eigenvalue weighted by atomic mass is 32.1. The zero-order valence-electron chi connectivity index (χ0n) is 21.1. The Labute approximate surface area is 206 Å². The molecule has 0 unspecified atom stereocenters. The monoisotopic (exact) mass is 493 g/mol. The standard InChI is InChI=1S/C26H39NO6S/c1-15-8-7-11-26(6)21(33-26)12-19(10-9-18-14-34-17(3)27-18)32-22(29)13-20(28)25(4,5)24(31)16(2)23(15)30/h9-10,14-16,19-21,23,28,30H,7-8,11-13H2,1-6H3/t15-,16+,19+,20-,21-,23-,26-/m0/s1. The van der Waals surface area contributed by atoms with Crippen molar-refractivity contribution in [3.8, 4) is 0 Å². The third kappa shape index (κ3) is 6.33. The summed E-state index contributed by atoms with van der Waals surface area (Å²) in [6.07, 6.45) is 3.72. The number of rotatable bonds is 2. The molecule has 2 saturated heterocycles. The summed E-state index contributed by atoms with van der Waals surface area (Å²) in [6.45, 7) is 10.9. The predicted molar refractivity (Wildman–Crippen MR) is 131 cm³/mol. The van der Waals surface area contributed by atoms with Crippen molar-refractivity contribution in [1.82, 2.24) is 4.98 Å². The number of esters is 1. The van der Waals surface area contributed by atoms with Crippen LogP contribution in [0.2, 0.25) is 0 Å². The van der Waals surface area contributed by atoms with Gasteiger partial charge in [0.05, 0.1) is 46.5 Å². The first-order valence-corrected chi connectivity index (χ1v) is 13.1. The number of aliphatic hydroxyl groups is 2. The van der Waals surface area contributed by atoms with Crippen LogP contribution in [0.5, 0.6) is 0 Å². The molecule has 34 heavy (non-hydrogen) atoms. The Morgan fingerprint density at radius 1 is 1.21 bits per heavy atom. The first kappa shape index (κ1) is 27.0. The molecule has 2 N–H and O–H groups in total. The molecule has 3 heterocycles. The highest BCUT2D eigenvalue weighted by Crippen LogP contribution is 2.44. The topological polar surface area (TPSA) is 109 Å². The molecule has 0 amide bonds. The zero-order valence-corrected chi connectivity index (χ0v) is 21.9. The molecule has 0 bridgehead atoms. The second-order valence-electron chi connectivity index (χ2n) is 10.8. The summed E-state index contributed by atoms with van der Waals surface area (Å²) >= 11 is 1.55. The lowest BCUT2D eigenvalue weighted by Gasteiger charge is -2.34. The van der Waals surface area contributed by atoms with E-state index in [0.29, 0.717) is 6.42 Å². The van der Waals surface area contributed by atoms with Crippen LogP contribution in [-0.2, 0) is 19.1 Å². The number of cyclic esters (lactones) is 1. The molecule has 0 aliphatic carbocycles. The highest BCUT2D eigenvalue weighted by Gasteiger charge is 2.52. The maximum atomic E-state index is 13.2. The number of carbonyl (C=O) groups is 2. The van der Waals surface area contributed by atoms with Crippen LogP contribution < -0.4 is 0 Å². The minimum absolute atomic E-state index is 0.0397. The molecule has 2 aliphatic rings. The lowest BCUT2D eigenvalue weighted by molar-refractivity contribution is -0.154. The van der Waals surface area contributed by atoms with E-state index in [1.807, 2.05) is 31.4 Å². The molecule has 2 aliphatic heterocycles. The average molecular weight is 494 g/mol. The Balaban J connectivity index is 1.81. The molecule has 0 saturated carbocycles. The maximum Gasteiger partial charge on any atom is 0.309 e. The maximum absolute atomic E-state index is 13.2. The van der Waals surface area contributed by atoms with Gasteiger partial charge in [0.2, 0.25) is 0 Å². The third-order valence-corrected chi connectivity index (χ3v) is 8.34. The largest absolute Gasteiger partial charge is 0.458 e. The summed E-state index contributed by atoms with van der Waals surface area (Å²) in [6, 6.07) is 0. The van der Waals surface area contributed by atoms with Gasteiger partial charge in [0, 0.05) is 17.7 Å². The number of aliphatic hydroxyl groups excluding tert-OH is 2. The molecule has 8 heteroatoms. The van der Waals surface area contributed by atoms with Crippen LogP contribution in [0.25, 0.3) is 6.08 Å². The lowest BCUT2D eigenvalue weighted by Crippen LogP contribution is -2.45. The second kappa shape index (κ2) is 10.6. The van der Waals surface area contributed by atoms with Gasteiger partial charge in [-0.2, -0.15) is 0 Å². The highest BCUT2D eigenvalue weighted by molar-refractivity contribution is 7.09. The van der Waals surface area contributed by atoms with Gasteiger partial charge in [-0.25, -0.2) is 4.98 Å². The van der Waals surface area contributed by atoms with E-state index < -0.39 is 35.6 Å². The van der Waals surface area contributed by atoms with Crippen LogP contribution in [0.15, 0.2) is 11.5 Å². The van der Waals surface area contributed by atoms with Gasteiger partial charge in [-0.3, -0.25) is 9.59 Å². The van der Waals surface area contributed by atoms with Crippen LogP contribution in [0.3, 0.4) is 0 Å². The van der Waals surface area contributed by atoms with Crippen molar-refractivity contribution in [2.45, 2.75) is 104 Å². The van der Waals surface area contributed by atoms with Crippen LogP contribution >= 0.6 is 11.3 Å². The van der Waals surface area contributed by atoms with E-state index in [0.717, 1.165) is 30.0 Å². The molecular weight excluding hydrogens is 454 g/mol. The van der Waals surface area contributed by atoms with Crippen molar-refractivity contribution >= 4 is 29.2 Å². The molecular formula is C26H39NO6S. The summed E-state index contributed by atoms with van der Waals surface area (Å²) in [5.41, 5.74) is -0.684. The van der Waals surface area contributed by atoms with Gasteiger partial charge in [0.1, 0.15) is 11.9 Å². The van der Waals surface area contributed by atoms with Crippen molar-refractivity contribution in [2.75, 3.05) is 0 Å². The zero-order chi connectivity index (χ0) is 25.3. The van der Waals surface area contributed by atoms with E-state index in [-0.39, 0.29) is 29.8 Å². The molecule has 190 valence electrons. The quantitative estimate of drug-likeness (QED) is 0.472. The normalized spacial score (nSPS) is 37.9. The molecule has 7 nitrogen and oxygen atoms in total. The Hall–Kier alpha value is -1.61. The lowest BCUT2D eigenvalue weighted by atomic mass is 9.73. The molecule has 3 rings (SSSR count). The number of ether oxygens (including phenoxy) is 2.